The summed E-state index contributed by atoms with van der Waals surface area (Å²) >= 11 is 0. The maximum Gasteiger partial charge on any atom is 0.130 e. The largest absolute Gasteiger partial charge is 0.300 e. The van der Waals surface area contributed by atoms with E-state index in [-0.39, 0.29) is 5.78 Å². The van der Waals surface area contributed by atoms with Gasteiger partial charge in [-0.15, -0.1) is 0 Å². The van der Waals surface area contributed by atoms with Crippen LogP contribution in [0, 0.1) is 11.6 Å². The van der Waals surface area contributed by atoms with E-state index in [1.165, 1.54) is 19.1 Å². The summed E-state index contributed by atoms with van der Waals surface area (Å²) in [5, 5.41) is 0. The Balaban J connectivity index is 2.72. The molecule has 13 heavy (non-hydrogen) atoms. The first-order valence-corrected chi connectivity index (χ1v) is 4.03. The van der Waals surface area contributed by atoms with Crippen LogP contribution in [0.4, 0.5) is 8.78 Å². The molecule has 0 radical (unpaired) electrons. The predicted octanol–water partition coefficient (Wildman–Crippen LogP) is 2.49. The Morgan fingerprint density at radius 1 is 1.38 bits per heavy atom. The molecule has 1 nitrogen and oxygen atoms in total. The minimum Gasteiger partial charge on any atom is -0.300 e. The van der Waals surface area contributed by atoms with Crippen LogP contribution < -0.4 is 0 Å². The normalized spacial score (nSPS) is 10.1. The predicted molar refractivity (Wildman–Crippen MR) is 45.4 cm³/mol. The quantitative estimate of drug-likeness (QED) is 0.705. The maximum absolute atomic E-state index is 12.9. The number of carbonyl (C=O) groups is 1. The number of hydrogen-bond donors (Lipinski definition) is 0. The van der Waals surface area contributed by atoms with Crippen molar-refractivity contribution in [2.24, 2.45) is 0 Å². The summed E-state index contributed by atoms with van der Waals surface area (Å²) in [6.45, 7) is 1.45. The first kappa shape index (κ1) is 9.84. The molecule has 1 aromatic carbocycles. The van der Waals surface area contributed by atoms with Gasteiger partial charge in [-0.3, -0.25) is 0 Å². The molecule has 0 N–H and O–H groups in total. The molecule has 0 aliphatic heterocycles. The second-order valence-electron chi connectivity index (χ2n) is 2.94. The maximum atomic E-state index is 12.9. The number of rotatable bonds is 3. The minimum atomic E-state index is -0.593. The molecule has 70 valence electrons. The lowest BCUT2D eigenvalue weighted by molar-refractivity contribution is -0.116. The Morgan fingerprint density at radius 3 is 2.62 bits per heavy atom. The monoisotopic (exact) mass is 184 g/mol. The fourth-order valence-electron chi connectivity index (χ4n) is 1.04. The lowest BCUT2D eigenvalue weighted by atomic mass is 10.1. The van der Waals surface area contributed by atoms with Crippen molar-refractivity contribution in [3.8, 4) is 0 Å². The second kappa shape index (κ2) is 4.12. The molecule has 0 saturated carbocycles. The fraction of sp³-hybridized carbons (Fsp3) is 0.300. The zero-order valence-corrected chi connectivity index (χ0v) is 7.31. The fourth-order valence-corrected chi connectivity index (χ4v) is 1.04. The van der Waals surface area contributed by atoms with Crippen LogP contribution in [0.25, 0.3) is 0 Å². The van der Waals surface area contributed by atoms with E-state index >= 15 is 0 Å². The van der Waals surface area contributed by atoms with Crippen molar-refractivity contribution in [1.82, 2.24) is 0 Å². The van der Waals surface area contributed by atoms with Gasteiger partial charge in [0.15, 0.2) is 0 Å². The molecule has 0 bridgehead atoms. The van der Waals surface area contributed by atoms with Crippen LogP contribution in [0.15, 0.2) is 18.2 Å². The average Bonchev–Trinajstić information content (AvgIpc) is 2.02. The minimum absolute atomic E-state index is 0.00345. The third-order valence-electron chi connectivity index (χ3n) is 1.76. The number of carbonyl (C=O) groups excluding carboxylic acids is 1. The molecule has 0 aliphatic carbocycles. The van der Waals surface area contributed by atoms with Crippen LogP contribution in [-0.2, 0) is 11.2 Å². The van der Waals surface area contributed by atoms with Crippen LogP contribution in [0.5, 0.6) is 0 Å². The summed E-state index contributed by atoms with van der Waals surface area (Å²) in [5.41, 5.74) is 0.386. The summed E-state index contributed by atoms with van der Waals surface area (Å²) in [7, 11) is 0. The molecule has 3 heteroatoms. The average molecular weight is 184 g/mol. The molecule has 1 aromatic rings. The summed E-state index contributed by atoms with van der Waals surface area (Å²) in [6.07, 6.45) is 0.629. The van der Waals surface area contributed by atoms with E-state index in [9.17, 15) is 13.6 Å². The number of ketones is 1. The van der Waals surface area contributed by atoms with Crippen LogP contribution in [0.3, 0.4) is 0 Å². The smallest absolute Gasteiger partial charge is 0.130 e. The van der Waals surface area contributed by atoms with Gasteiger partial charge in [0.1, 0.15) is 17.4 Å². The standard InChI is InChI=1S/C10H10F2O/c1-7(13)2-3-8-4-5-9(11)6-10(8)12/h4-6H,2-3H2,1H3. The van der Waals surface area contributed by atoms with Gasteiger partial charge in [0, 0.05) is 12.5 Å². The molecule has 0 saturated heterocycles. The number of halogens is 2. The van der Waals surface area contributed by atoms with E-state index < -0.39 is 11.6 Å². The Kier molecular flexibility index (Phi) is 3.12. The van der Waals surface area contributed by atoms with Crippen molar-refractivity contribution in [3.63, 3.8) is 0 Å². The van der Waals surface area contributed by atoms with Gasteiger partial charge >= 0.3 is 0 Å². The first-order chi connectivity index (χ1) is 6.09. The summed E-state index contributed by atoms with van der Waals surface area (Å²) < 4.78 is 25.4. The van der Waals surface area contributed by atoms with Gasteiger partial charge in [-0.05, 0) is 25.0 Å². The number of aryl methyl sites for hydroxylation is 1. The molecule has 0 aliphatic rings. The van der Waals surface area contributed by atoms with Gasteiger partial charge < -0.3 is 4.79 Å². The van der Waals surface area contributed by atoms with Crippen molar-refractivity contribution < 1.29 is 13.6 Å². The lowest BCUT2D eigenvalue weighted by Crippen LogP contribution is -1.97. The molecule has 0 unspecified atom stereocenters. The van der Waals surface area contributed by atoms with Crippen molar-refractivity contribution in [3.05, 3.63) is 35.4 Å². The van der Waals surface area contributed by atoms with E-state index in [1.54, 1.807) is 0 Å². The number of benzene rings is 1. The molecule has 1 rings (SSSR count). The van der Waals surface area contributed by atoms with Crippen LogP contribution in [0.1, 0.15) is 18.9 Å². The first-order valence-electron chi connectivity index (χ1n) is 4.03. The molecule has 0 atom stereocenters. The molecule has 0 spiro atoms. The topological polar surface area (TPSA) is 17.1 Å². The molecule has 0 fully saturated rings. The van der Waals surface area contributed by atoms with E-state index in [1.807, 2.05) is 0 Å². The highest BCUT2D eigenvalue weighted by atomic mass is 19.1. The Hall–Kier alpha value is -1.25. The summed E-state index contributed by atoms with van der Waals surface area (Å²) in [4.78, 5) is 10.6. The van der Waals surface area contributed by atoms with Crippen LogP contribution >= 0.6 is 0 Å². The Labute approximate surface area is 75.4 Å². The highest BCUT2D eigenvalue weighted by Gasteiger charge is 2.04. The number of Topliss-reactive ketones (excluding diaryl/α,β-unsaturated/α-hetero) is 1. The highest BCUT2D eigenvalue weighted by molar-refractivity contribution is 5.75. The number of hydrogen-bond acceptors (Lipinski definition) is 1. The van der Waals surface area contributed by atoms with Gasteiger partial charge in [0.2, 0.25) is 0 Å². The van der Waals surface area contributed by atoms with Crippen molar-refractivity contribution in [1.29, 1.82) is 0 Å². The molecule has 0 heterocycles. The molecular weight excluding hydrogens is 174 g/mol. The van der Waals surface area contributed by atoms with Crippen LogP contribution in [0.2, 0.25) is 0 Å². The van der Waals surface area contributed by atoms with E-state index in [0.717, 1.165) is 6.07 Å². The summed E-state index contributed by atoms with van der Waals surface area (Å²) in [5.74, 6) is -1.17. The molecule has 0 aromatic heterocycles. The Morgan fingerprint density at radius 2 is 2.08 bits per heavy atom. The third kappa shape index (κ3) is 2.93. The van der Waals surface area contributed by atoms with Gasteiger partial charge in [0.25, 0.3) is 0 Å². The second-order valence-corrected chi connectivity index (χ2v) is 2.94. The van der Waals surface area contributed by atoms with Gasteiger partial charge in [-0.25, -0.2) is 8.78 Å². The van der Waals surface area contributed by atoms with E-state index in [4.69, 9.17) is 0 Å². The van der Waals surface area contributed by atoms with Crippen molar-refractivity contribution in [2.45, 2.75) is 19.8 Å². The van der Waals surface area contributed by atoms with Crippen molar-refractivity contribution >= 4 is 5.78 Å². The van der Waals surface area contributed by atoms with Gasteiger partial charge in [-0.2, -0.15) is 0 Å². The SMILES string of the molecule is CC(=O)CCc1ccc(F)cc1F. The van der Waals surface area contributed by atoms with Crippen molar-refractivity contribution in [2.75, 3.05) is 0 Å². The molecular formula is C10H10F2O. The highest BCUT2D eigenvalue weighted by Crippen LogP contribution is 2.11. The third-order valence-corrected chi connectivity index (χ3v) is 1.76. The zero-order valence-electron chi connectivity index (χ0n) is 7.31. The van der Waals surface area contributed by atoms with E-state index in [2.05, 4.69) is 0 Å². The Bertz CT molecular complexity index is 321. The zero-order chi connectivity index (χ0) is 9.84. The van der Waals surface area contributed by atoms with Crippen LogP contribution in [-0.4, -0.2) is 5.78 Å². The van der Waals surface area contributed by atoms with Gasteiger partial charge in [-0.1, -0.05) is 6.07 Å². The summed E-state index contributed by atoms with van der Waals surface area (Å²) in [6, 6.07) is 3.39. The lowest BCUT2D eigenvalue weighted by Gasteiger charge is -2.00. The van der Waals surface area contributed by atoms with Gasteiger partial charge in [0.05, 0.1) is 0 Å². The van der Waals surface area contributed by atoms with E-state index in [0.29, 0.717) is 18.4 Å². The molecule has 0 amide bonds.